The molecule has 0 aromatic heterocycles. The molecule has 0 aliphatic rings. The van der Waals surface area contributed by atoms with Gasteiger partial charge in [-0.3, -0.25) is 0 Å². The zero-order valence-corrected chi connectivity index (χ0v) is 13.6. The van der Waals surface area contributed by atoms with E-state index in [1.54, 1.807) is 0 Å². The molecule has 0 spiro atoms. The van der Waals surface area contributed by atoms with Gasteiger partial charge in [-0.05, 0) is 37.4 Å². The summed E-state index contributed by atoms with van der Waals surface area (Å²) in [5.74, 6) is 0.00587. The Kier molecular flexibility index (Phi) is 9.29. The maximum Gasteiger partial charge on any atom is 0.192 e. The molecule has 0 aliphatic carbocycles. The average molecular weight is 270 g/mol. The Hall–Kier alpha value is -0.413. The first-order valence-corrected chi connectivity index (χ1v) is 9.86. The number of aldehydes is 1. The number of allylic oxidation sites excluding steroid dienone is 1. The number of carbonyl (C=O) groups excluding carboxylic acids is 1. The van der Waals surface area contributed by atoms with Crippen LogP contribution in [0.1, 0.15) is 47.0 Å². The van der Waals surface area contributed by atoms with Gasteiger partial charge in [0.15, 0.2) is 8.32 Å². The highest BCUT2D eigenvalue weighted by atomic mass is 28.4. The highest BCUT2D eigenvalue weighted by Gasteiger charge is 2.33. The van der Waals surface area contributed by atoms with Crippen molar-refractivity contribution in [2.45, 2.75) is 71.2 Å². The van der Waals surface area contributed by atoms with Crippen molar-refractivity contribution in [1.82, 2.24) is 0 Å². The van der Waals surface area contributed by atoms with Crippen LogP contribution in [0.25, 0.3) is 0 Å². The largest absolute Gasteiger partial charge is 0.413 e. The number of hydrogen-bond acceptors (Lipinski definition) is 2. The highest BCUT2D eigenvalue weighted by molar-refractivity contribution is 6.73. The van der Waals surface area contributed by atoms with Crippen molar-refractivity contribution in [2.75, 3.05) is 0 Å². The van der Waals surface area contributed by atoms with E-state index in [0.717, 1.165) is 43.7 Å². The summed E-state index contributed by atoms with van der Waals surface area (Å²) in [7, 11) is -1.60. The molecule has 2 atom stereocenters. The quantitative estimate of drug-likeness (QED) is 0.238. The van der Waals surface area contributed by atoms with Gasteiger partial charge in [-0.1, -0.05) is 33.8 Å². The van der Waals surface area contributed by atoms with Crippen molar-refractivity contribution in [1.29, 1.82) is 0 Å². The van der Waals surface area contributed by atoms with Crippen molar-refractivity contribution in [3.63, 3.8) is 0 Å². The molecular weight excluding hydrogens is 240 g/mol. The van der Waals surface area contributed by atoms with Crippen molar-refractivity contribution in [3.05, 3.63) is 12.7 Å². The zero-order chi connectivity index (χ0) is 14.0. The Morgan fingerprint density at radius 2 is 1.78 bits per heavy atom. The molecule has 0 amide bonds. The summed E-state index contributed by atoms with van der Waals surface area (Å²) in [5.41, 5.74) is 0. The molecule has 0 radical (unpaired) electrons. The Labute approximate surface area is 114 Å². The second-order valence-corrected chi connectivity index (χ2v) is 9.84. The Balaban J connectivity index is 4.63. The van der Waals surface area contributed by atoms with E-state index in [9.17, 15) is 4.79 Å². The lowest BCUT2D eigenvalue weighted by Crippen LogP contribution is -2.42. The van der Waals surface area contributed by atoms with Gasteiger partial charge < -0.3 is 9.22 Å². The van der Waals surface area contributed by atoms with Crippen LogP contribution in [0.5, 0.6) is 0 Å². The molecule has 2 nitrogen and oxygen atoms in total. The van der Waals surface area contributed by atoms with Crippen molar-refractivity contribution in [3.8, 4) is 0 Å². The monoisotopic (exact) mass is 270 g/mol. The van der Waals surface area contributed by atoms with E-state index in [2.05, 4.69) is 27.4 Å². The maximum absolute atomic E-state index is 11.0. The molecule has 0 aromatic rings. The van der Waals surface area contributed by atoms with Gasteiger partial charge >= 0.3 is 0 Å². The average Bonchev–Trinajstić information content (AvgIpc) is 2.42. The zero-order valence-electron chi connectivity index (χ0n) is 12.6. The molecule has 0 aliphatic heterocycles. The topological polar surface area (TPSA) is 26.3 Å². The summed E-state index contributed by atoms with van der Waals surface area (Å²) >= 11 is 0. The molecule has 0 saturated heterocycles. The van der Waals surface area contributed by atoms with E-state index < -0.39 is 8.32 Å². The maximum atomic E-state index is 11.0. The normalized spacial score (nSPS) is 15.1. The van der Waals surface area contributed by atoms with Gasteiger partial charge in [0.05, 0.1) is 6.10 Å². The third-order valence-corrected chi connectivity index (χ3v) is 8.70. The van der Waals surface area contributed by atoms with Crippen LogP contribution in [-0.4, -0.2) is 20.7 Å². The summed E-state index contributed by atoms with van der Waals surface area (Å²) in [6, 6.07) is 3.43. The molecular formula is C15H30O2Si. The summed E-state index contributed by atoms with van der Waals surface area (Å²) in [6.45, 7) is 12.4. The molecule has 0 N–H and O–H groups in total. The van der Waals surface area contributed by atoms with Crippen molar-refractivity contribution < 1.29 is 9.22 Å². The number of carbonyl (C=O) groups is 1. The SMILES string of the molecule is C=CCCC[C@@H](O[Si](CC)(CC)CC)[C@H](C)C=O. The predicted octanol–water partition coefficient (Wildman–Crippen LogP) is 4.57. The molecule has 18 heavy (non-hydrogen) atoms. The third-order valence-electron chi connectivity index (χ3n) is 4.03. The lowest BCUT2D eigenvalue weighted by molar-refractivity contribution is -0.113. The third kappa shape index (κ3) is 5.49. The lowest BCUT2D eigenvalue weighted by atomic mass is 10.0. The molecule has 0 bridgehead atoms. The van der Waals surface area contributed by atoms with Gasteiger partial charge in [-0.25, -0.2) is 0 Å². The second-order valence-electron chi connectivity index (χ2n) is 5.11. The van der Waals surface area contributed by atoms with E-state index in [4.69, 9.17) is 4.43 Å². The van der Waals surface area contributed by atoms with Gasteiger partial charge in [-0.2, -0.15) is 0 Å². The minimum atomic E-state index is -1.60. The predicted molar refractivity (Wildman–Crippen MR) is 81.3 cm³/mol. The molecule has 0 aromatic carbocycles. The summed E-state index contributed by atoms with van der Waals surface area (Å²) in [6.07, 6.45) is 6.12. The highest BCUT2D eigenvalue weighted by Crippen LogP contribution is 2.27. The summed E-state index contributed by atoms with van der Waals surface area (Å²) in [4.78, 5) is 11.0. The number of rotatable bonds is 11. The van der Waals surface area contributed by atoms with E-state index in [1.807, 2.05) is 13.0 Å². The van der Waals surface area contributed by atoms with Crippen molar-refractivity contribution in [2.24, 2.45) is 5.92 Å². The van der Waals surface area contributed by atoms with Crippen LogP contribution in [-0.2, 0) is 9.22 Å². The number of hydrogen-bond donors (Lipinski definition) is 0. The summed E-state index contributed by atoms with van der Waals surface area (Å²) < 4.78 is 6.46. The van der Waals surface area contributed by atoms with Gasteiger partial charge in [0.25, 0.3) is 0 Å². The molecule has 3 heteroatoms. The fourth-order valence-corrected chi connectivity index (χ4v) is 5.28. The van der Waals surface area contributed by atoms with E-state index in [0.29, 0.717) is 0 Å². The van der Waals surface area contributed by atoms with Crippen LogP contribution in [0.2, 0.25) is 18.1 Å². The van der Waals surface area contributed by atoms with Crippen molar-refractivity contribution >= 4 is 14.6 Å². The van der Waals surface area contributed by atoms with Crippen LogP contribution in [0, 0.1) is 5.92 Å². The van der Waals surface area contributed by atoms with Crippen LogP contribution >= 0.6 is 0 Å². The van der Waals surface area contributed by atoms with E-state index in [-0.39, 0.29) is 12.0 Å². The minimum absolute atomic E-state index is 0.00587. The Morgan fingerprint density at radius 3 is 2.17 bits per heavy atom. The first kappa shape index (κ1) is 17.6. The van der Waals surface area contributed by atoms with Gasteiger partial charge in [-0.15, -0.1) is 6.58 Å². The van der Waals surface area contributed by atoms with Crippen LogP contribution in [0.4, 0.5) is 0 Å². The first-order valence-electron chi connectivity index (χ1n) is 7.33. The second kappa shape index (κ2) is 9.51. The standard InChI is InChI=1S/C15H30O2Si/c1-6-10-11-12-15(14(5)13-16)17-18(7-2,8-3)9-4/h6,13-15H,1,7-12H2,2-5H3/t14-,15-/m1/s1. The molecule has 0 heterocycles. The van der Waals surface area contributed by atoms with Gasteiger partial charge in [0.2, 0.25) is 0 Å². The minimum Gasteiger partial charge on any atom is -0.413 e. The summed E-state index contributed by atoms with van der Waals surface area (Å²) in [5, 5.41) is 0. The molecule has 0 unspecified atom stereocenters. The molecule has 0 saturated carbocycles. The molecule has 0 rings (SSSR count). The molecule has 0 fully saturated rings. The van der Waals surface area contributed by atoms with Gasteiger partial charge in [0.1, 0.15) is 6.29 Å². The first-order chi connectivity index (χ1) is 8.59. The smallest absolute Gasteiger partial charge is 0.192 e. The molecule has 106 valence electrons. The van der Waals surface area contributed by atoms with E-state index >= 15 is 0 Å². The fraction of sp³-hybridized carbons (Fsp3) is 0.800. The van der Waals surface area contributed by atoms with Gasteiger partial charge in [0, 0.05) is 5.92 Å². The number of unbranched alkanes of at least 4 members (excludes halogenated alkanes) is 1. The Bertz CT molecular complexity index is 228. The van der Waals surface area contributed by atoms with Crippen LogP contribution in [0.3, 0.4) is 0 Å². The van der Waals surface area contributed by atoms with Crippen LogP contribution < -0.4 is 0 Å². The van der Waals surface area contributed by atoms with Crippen LogP contribution in [0.15, 0.2) is 12.7 Å². The fourth-order valence-electron chi connectivity index (χ4n) is 2.30. The Morgan fingerprint density at radius 1 is 1.22 bits per heavy atom. The lowest BCUT2D eigenvalue weighted by Gasteiger charge is -2.34. The van der Waals surface area contributed by atoms with E-state index in [1.165, 1.54) is 0 Å².